The van der Waals surface area contributed by atoms with Crippen LogP contribution < -0.4 is 4.72 Å². The second-order valence-corrected chi connectivity index (χ2v) is 8.28. The molecule has 0 unspecified atom stereocenters. The van der Waals surface area contributed by atoms with Crippen LogP contribution in [0.3, 0.4) is 0 Å². The molecule has 0 saturated carbocycles. The van der Waals surface area contributed by atoms with E-state index in [0.29, 0.717) is 17.7 Å². The van der Waals surface area contributed by atoms with Gasteiger partial charge in [-0.3, -0.25) is 19.6 Å². The molecule has 0 amide bonds. The normalized spacial score (nSPS) is 13.7. The second kappa shape index (κ2) is 7.13. The van der Waals surface area contributed by atoms with Crippen LogP contribution in [0.25, 0.3) is 5.69 Å². The van der Waals surface area contributed by atoms with E-state index in [0.717, 1.165) is 24.6 Å². The summed E-state index contributed by atoms with van der Waals surface area (Å²) in [5, 5.41) is 15.1. The third kappa shape index (κ3) is 3.61. The van der Waals surface area contributed by atoms with Gasteiger partial charge in [0.05, 0.1) is 38.6 Å². The minimum absolute atomic E-state index is 0.00450. The zero-order chi connectivity index (χ0) is 20.6. The lowest BCUT2D eigenvalue weighted by atomic mass is 9.97. The molecule has 4 rings (SSSR count). The molecule has 0 fully saturated rings. The quantitative estimate of drug-likeness (QED) is 0.507. The number of hydrogen-bond acceptors (Lipinski definition) is 6. The summed E-state index contributed by atoms with van der Waals surface area (Å²) in [7, 11) is -3.92. The first-order valence-electron chi connectivity index (χ1n) is 8.83. The fourth-order valence-corrected chi connectivity index (χ4v) is 4.33. The lowest BCUT2D eigenvalue weighted by Gasteiger charge is -2.13. The van der Waals surface area contributed by atoms with Crippen molar-refractivity contribution in [1.82, 2.24) is 9.78 Å². The van der Waals surface area contributed by atoms with Gasteiger partial charge in [-0.05, 0) is 43.2 Å². The number of nitro benzene ring substituents is 1. The number of ketones is 1. The van der Waals surface area contributed by atoms with E-state index < -0.39 is 14.9 Å². The maximum absolute atomic E-state index is 12.6. The van der Waals surface area contributed by atoms with E-state index in [9.17, 15) is 23.3 Å². The van der Waals surface area contributed by atoms with E-state index in [2.05, 4.69) is 9.82 Å². The Balaban J connectivity index is 1.60. The number of nitrogens with one attached hydrogen (secondary N) is 1. The highest BCUT2D eigenvalue weighted by atomic mass is 32.2. The molecule has 148 valence electrons. The zero-order valence-corrected chi connectivity index (χ0v) is 15.9. The molecule has 10 heteroatoms. The number of nitrogens with zero attached hydrogens (tertiary/aromatic N) is 3. The van der Waals surface area contributed by atoms with Crippen LogP contribution in [0.5, 0.6) is 0 Å². The number of fused-ring (bicyclic) bond motifs is 1. The van der Waals surface area contributed by atoms with Gasteiger partial charge >= 0.3 is 0 Å². The van der Waals surface area contributed by atoms with Crippen LogP contribution in [0, 0.1) is 10.1 Å². The standard InChI is InChI=1S/C19H16N4O5S/c24-19-6-2-5-18-17(19)12-20-22(18)14-7-9-16(10-8-14)29(27,28)21-13-3-1-4-15(11-13)23(25)26/h1,3-4,7-12,21H,2,5-6H2. The van der Waals surface area contributed by atoms with Gasteiger partial charge in [0, 0.05) is 18.6 Å². The fourth-order valence-electron chi connectivity index (χ4n) is 3.28. The number of carbonyl (C=O) groups is 1. The Kier molecular flexibility index (Phi) is 4.63. The summed E-state index contributed by atoms with van der Waals surface area (Å²) in [6, 6.07) is 11.3. The number of aromatic nitrogens is 2. The number of benzene rings is 2. The Morgan fingerprint density at radius 3 is 2.59 bits per heavy atom. The second-order valence-electron chi connectivity index (χ2n) is 6.60. The van der Waals surface area contributed by atoms with Crippen molar-refractivity contribution in [2.45, 2.75) is 24.2 Å². The minimum atomic E-state index is -3.92. The van der Waals surface area contributed by atoms with Crippen LogP contribution in [0.2, 0.25) is 0 Å². The highest BCUT2D eigenvalue weighted by Crippen LogP contribution is 2.25. The van der Waals surface area contributed by atoms with Crippen molar-refractivity contribution in [2.75, 3.05) is 4.72 Å². The summed E-state index contributed by atoms with van der Waals surface area (Å²) >= 11 is 0. The first-order valence-corrected chi connectivity index (χ1v) is 10.3. The van der Waals surface area contributed by atoms with E-state index >= 15 is 0 Å². The average molecular weight is 412 g/mol. The summed E-state index contributed by atoms with van der Waals surface area (Å²) in [4.78, 5) is 22.2. The largest absolute Gasteiger partial charge is 0.294 e. The van der Waals surface area contributed by atoms with Crippen LogP contribution in [-0.4, -0.2) is 28.9 Å². The van der Waals surface area contributed by atoms with Crippen molar-refractivity contribution in [1.29, 1.82) is 0 Å². The van der Waals surface area contributed by atoms with Crippen LogP contribution in [0.1, 0.15) is 28.9 Å². The molecule has 0 bridgehead atoms. The van der Waals surface area contributed by atoms with E-state index in [-0.39, 0.29) is 22.1 Å². The minimum Gasteiger partial charge on any atom is -0.294 e. The average Bonchev–Trinajstić information content (AvgIpc) is 3.13. The monoisotopic (exact) mass is 412 g/mol. The SMILES string of the molecule is O=C1CCCc2c1cnn2-c1ccc(S(=O)(=O)Nc2cccc([N+](=O)[O-])c2)cc1. The molecule has 1 aliphatic carbocycles. The number of sulfonamides is 1. The van der Waals surface area contributed by atoms with Crippen molar-refractivity contribution >= 4 is 27.2 Å². The number of rotatable bonds is 5. The third-order valence-electron chi connectivity index (χ3n) is 4.69. The lowest BCUT2D eigenvalue weighted by Crippen LogP contribution is -2.14. The molecule has 1 N–H and O–H groups in total. The molecule has 1 aromatic heterocycles. The van der Waals surface area contributed by atoms with Crippen LogP contribution in [-0.2, 0) is 16.4 Å². The smallest absolute Gasteiger partial charge is 0.271 e. The third-order valence-corrected chi connectivity index (χ3v) is 6.08. The topological polar surface area (TPSA) is 124 Å². The van der Waals surface area contributed by atoms with E-state index in [1.807, 2.05) is 0 Å². The summed E-state index contributed by atoms with van der Waals surface area (Å²) in [6.07, 6.45) is 3.55. The molecule has 0 radical (unpaired) electrons. The van der Waals surface area contributed by atoms with E-state index in [1.54, 1.807) is 23.0 Å². The van der Waals surface area contributed by atoms with Gasteiger partial charge in [0.15, 0.2) is 5.78 Å². The summed E-state index contributed by atoms with van der Waals surface area (Å²) < 4.78 is 29.2. The summed E-state index contributed by atoms with van der Waals surface area (Å²) in [5.74, 6) is 0.0675. The Morgan fingerprint density at radius 1 is 1.10 bits per heavy atom. The molecule has 29 heavy (non-hydrogen) atoms. The maximum Gasteiger partial charge on any atom is 0.271 e. The summed E-state index contributed by atoms with van der Waals surface area (Å²) in [5.41, 5.74) is 1.98. The van der Waals surface area contributed by atoms with Gasteiger partial charge in [-0.15, -0.1) is 0 Å². The maximum atomic E-state index is 12.6. The summed E-state index contributed by atoms with van der Waals surface area (Å²) in [6.45, 7) is 0. The van der Waals surface area contributed by atoms with Crippen LogP contribution in [0.4, 0.5) is 11.4 Å². The fraction of sp³-hybridized carbons (Fsp3) is 0.158. The molecule has 1 aliphatic rings. The predicted octanol–water partition coefficient (Wildman–Crippen LogP) is 3.10. The zero-order valence-electron chi connectivity index (χ0n) is 15.1. The molecule has 0 saturated heterocycles. The van der Waals surface area contributed by atoms with Gasteiger partial charge in [-0.1, -0.05) is 6.07 Å². The highest BCUT2D eigenvalue weighted by Gasteiger charge is 2.23. The van der Waals surface area contributed by atoms with Gasteiger partial charge < -0.3 is 0 Å². The van der Waals surface area contributed by atoms with Crippen molar-refractivity contribution in [3.63, 3.8) is 0 Å². The Labute approximate surface area is 166 Å². The van der Waals surface area contributed by atoms with Crippen molar-refractivity contribution in [3.05, 3.63) is 76.1 Å². The molecule has 2 aromatic carbocycles. The van der Waals surface area contributed by atoms with E-state index in [4.69, 9.17) is 0 Å². The number of Topliss-reactive ketones (excluding diaryl/α,β-unsaturated/α-hetero) is 1. The number of non-ortho nitro benzene ring substituents is 1. The first-order chi connectivity index (χ1) is 13.8. The number of hydrogen-bond donors (Lipinski definition) is 1. The molecule has 0 atom stereocenters. The first kappa shape index (κ1) is 18.8. The van der Waals surface area contributed by atoms with Gasteiger partial charge in [0.1, 0.15) is 0 Å². The molecule has 0 spiro atoms. The van der Waals surface area contributed by atoms with Crippen molar-refractivity contribution in [3.8, 4) is 5.69 Å². The Morgan fingerprint density at radius 2 is 1.86 bits per heavy atom. The predicted molar refractivity (Wildman–Crippen MR) is 105 cm³/mol. The van der Waals surface area contributed by atoms with Gasteiger partial charge in [-0.25, -0.2) is 13.1 Å². The van der Waals surface area contributed by atoms with Crippen molar-refractivity contribution in [2.24, 2.45) is 0 Å². The molecule has 3 aromatic rings. The van der Waals surface area contributed by atoms with Crippen molar-refractivity contribution < 1.29 is 18.1 Å². The lowest BCUT2D eigenvalue weighted by molar-refractivity contribution is -0.384. The van der Waals surface area contributed by atoms with Gasteiger partial charge in [0.2, 0.25) is 0 Å². The molecule has 1 heterocycles. The van der Waals surface area contributed by atoms with E-state index in [1.165, 1.54) is 30.3 Å². The molecule has 0 aliphatic heterocycles. The van der Waals surface area contributed by atoms with Gasteiger partial charge in [-0.2, -0.15) is 5.10 Å². The number of anilines is 1. The Hall–Kier alpha value is -3.53. The number of nitro groups is 1. The van der Waals surface area contributed by atoms with Gasteiger partial charge in [0.25, 0.3) is 15.7 Å². The van der Waals surface area contributed by atoms with Crippen LogP contribution in [0.15, 0.2) is 59.6 Å². The number of carbonyl (C=O) groups excluding carboxylic acids is 1. The van der Waals surface area contributed by atoms with Crippen LogP contribution >= 0.6 is 0 Å². The molecular formula is C19H16N4O5S. The Bertz CT molecular complexity index is 1220. The molecular weight excluding hydrogens is 396 g/mol. The highest BCUT2D eigenvalue weighted by molar-refractivity contribution is 7.92. The molecule has 9 nitrogen and oxygen atoms in total.